The molecule has 0 unspecified atom stereocenters. The molecular formula is C17H17N7S. The number of hydrogen-bond acceptors (Lipinski definition) is 4. The molecule has 0 radical (unpaired) electrons. The number of piperazine rings is 1. The van der Waals surface area contributed by atoms with Gasteiger partial charge in [-0.05, 0) is 24.4 Å². The van der Waals surface area contributed by atoms with Crippen molar-refractivity contribution in [2.75, 3.05) is 26.2 Å². The molecule has 0 atom stereocenters. The summed E-state index contributed by atoms with van der Waals surface area (Å²) in [4.78, 5) is 11.7. The summed E-state index contributed by atoms with van der Waals surface area (Å²) in [7, 11) is 0. The first-order valence-corrected chi connectivity index (χ1v) is 8.48. The van der Waals surface area contributed by atoms with Gasteiger partial charge in [-0.3, -0.25) is 10.4 Å². The highest BCUT2D eigenvalue weighted by Gasteiger charge is 2.20. The summed E-state index contributed by atoms with van der Waals surface area (Å²) in [5.74, 6) is 0. The number of aromatic amines is 1. The molecule has 1 aromatic heterocycles. The molecule has 1 fully saturated rings. The standard InChI is InChI=1S/C17H17N7S/c18-11-23-7-9-24(10-8-23)17(25)22-21-16-14-12(3-1-5-19-14)13-4-2-6-20-15(13)16/h1-6,11,18-19H,7-10H2. The molecule has 25 heavy (non-hydrogen) atoms. The first-order chi connectivity index (χ1) is 12.3. The minimum Gasteiger partial charge on any atom is -0.360 e. The lowest BCUT2D eigenvalue weighted by Crippen LogP contribution is -2.47. The average molecular weight is 351 g/mol. The Morgan fingerprint density at radius 1 is 1.24 bits per heavy atom. The van der Waals surface area contributed by atoms with Gasteiger partial charge >= 0.3 is 0 Å². The van der Waals surface area contributed by atoms with E-state index in [1.54, 1.807) is 6.20 Å². The predicted molar refractivity (Wildman–Crippen MR) is 102 cm³/mol. The molecule has 1 saturated heterocycles. The fraction of sp³-hybridized carbons (Fsp3) is 0.235. The van der Waals surface area contributed by atoms with Crippen LogP contribution < -0.4 is 0 Å². The Hall–Kier alpha value is -2.87. The number of azo groups is 1. The Balaban J connectivity index is 1.63. The third-order valence-electron chi connectivity index (χ3n) is 4.42. The molecule has 0 bridgehead atoms. The van der Waals surface area contributed by atoms with Crippen LogP contribution in [0.5, 0.6) is 0 Å². The molecule has 2 N–H and O–H groups in total. The maximum Gasteiger partial charge on any atom is 0.216 e. The SMILES string of the molecule is N=CN1CCN(C(=S)N=Nc2c3[nH]cccc-3c3cccnc23)CC1. The van der Waals surface area contributed by atoms with Gasteiger partial charge in [0.05, 0.1) is 12.0 Å². The molecule has 1 aromatic rings. The summed E-state index contributed by atoms with van der Waals surface area (Å²) >= 11 is 5.43. The number of pyridine rings is 2. The lowest BCUT2D eigenvalue weighted by atomic mass is 10.2. The number of H-pyrrole nitrogens is 1. The molecular weight excluding hydrogens is 334 g/mol. The van der Waals surface area contributed by atoms with E-state index in [0.717, 1.165) is 48.3 Å². The maximum atomic E-state index is 7.30. The molecule has 0 aromatic carbocycles. The molecule has 0 spiro atoms. The average Bonchev–Trinajstić information content (AvgIpc) is 3.00. The second kappa shape index (κ2) is 6.56. The van der Waals surface area contributed by atoms with Crippen molar-refractivity contribution in [3.8, 4) is 11.3 Å². The fourth-order valence-corrected chi connectivity index (χ4v) is 3.31. The zero-order valence-electron chi connectivity index (χ0n) is 13.5. The van der Waals surface area contributed by atoms with Gasteiger partial charge in [0.25, 0.3) is 0 Å². The largest absolute Gasteiger partial charge is 0.360 e. The normalized spacial score (nSPS) is 15.4. The van der Waals surface area contributed by atoms with Crippen molar-refractivity contribution < 1.29 is 0 Å². The van der Waals surface area contributed by atoms with Crippen molar-refractivity contribution in [1.82, 2.24) is 19.8 Å². The number of fused-ring (bicyclic) bond motifs is 3. The zero-order valence-corrected chi connectivity index (χ0v) is 14.3. The molecule has 7 nitrogen and oxygen atoms in total. The minimum absolute atomic E-state index is 0.471. The third kappa shape index (κ3) is 2.85. The second-order valence-electron chi connectivity index (χ2n) is 5.84. The topological polar surface area (TPSA) is 83.7 Å². The van der Waals surface area contributed by atoms with Crippen LogP contribution in [0.1, 0.15) is 0 Å². The van der Waals surface area contributed by atoms with E-state index in [1.165, 1.54) is 6.34 Å². The summed E-state index contributed by atoms with van der Waals surface area (Å²) in [6.07, 6.45) is 5.00. The Labute approximate surface area is 150 Å². The van der Waals surface area contributed by atoms with Gasteiger partial charge in [-0.1, -0.05) is 12.1 Å². The van der Waals surface area contributed by atoms with E-state index < -0.39 is 0 Å². The van der Waals surface area contributed by atoms with E-state index in [1.807, 2.05) is 40.3 Å². The molecule has 2 aliphatic heterocycles. The van der Waals surface area contributed by atoms with Crippen LogP contribution in [0.15, 0.2) is 46.9 Å². The zero-order chi connectivity index (χ0) is 17.2. The summed E-state index contributed by atoms with van der Waals surface area (Å²) in [5, 5.41) is 17.5. The van der Waals surface area contributed by atoms with E-state index >= 15 is 0 Å². The summed E-state index contributed by atoms with van der Waals surface area (Å²) < 4.78 is 0. The van der Waals surface area contributed by atoms with E-state index in [0.29, 0.717) is 10.8 Å². The molecule has 1 aliphatic carbocycles. The summed E-state index contributed by atoms with van der Waals surface area (Å²) in [6.45, 7) is 3.05. The van der Waals surface area contributed by atoms with Gasteiger partial charge in [-0.15, -0.1) is 10.2 Å². The van der Waals surface area contributed by atoms with Crippen LogP contribution in [0.2, 0.25) is 0 Å². The minimum atomic E-state index is 0.471. The van der Waals surface area contributed by atoms with E-state index in [2.05, 4.69) is 20.2 Å². The predicted octanol–water partition coefficient (Wildman–Crippen LogP) is 3.26. The molecule has 0 amide bonds. The molecule has 8 heteroatoms. The van der Waals surface area contributed by atoms with Gasteiger partial charge in [-0.25, -0.2) is 0 Å². The van der Waals surface area contributed by atoms with Gasteiger partial charge in [0.15, 0.2) is 0 Å². The van der Waals surface area contributed by atoms with Crippen LogP contribution in [-0.2, 0) is 0 Å². The molecule has 126 valence electrons. The van der Waals surface area contributed by atoms with Crippen molar-refractivity contribution in [3.63, 3.8) is 0 Å². The maximum absolute atomic E-state index is 7.30. The highest BCUT2D eigenvalue weighted by atomic mass is 32.1. The third-order valence-corrected chi connectivity index (χ3v) is 4.76. The van der Waals surface area contributed by atoms with E-state index in [9.17, 15) is 0 Å². The molecule has 4 rings (SSSR count). The van der Waals surface area contributed by atoms with Crippen molar-refractivity contribution >= 4 is 40.3 Å². The smallest absolute Gasteiger partial charge is 0.216 e. The van der Waals surface area contributed by atoms with Gasteiger partial charge in [0.2, 0.25) is 5.11 Å². The molecule has 3 aliphatic rings. The number of hydrogen-bond donors (Lipinski definition) is 2. The first kappa shape index (κ1) is 15.6. The highest BCUT2D eigenvalue weighted by molar-refractivity contribution is 7.80. The second-order valence-corrected chi connectivity index (χ2v) is 6.21. The Bertz CT molecular complexity index is 924. The van der Waals surface area contributed by atoms with Crippen LogP contribution in [0.4, 0.5) is 5.69 Å². The van der Waals surface area contributed by atoms with Crippen molar-refractivity contribution in [3.05, 3.63) is 36.7 Å². The molecule has 3 heterocycles. The highest BCUT2D eigenvalue weighted by Crippen LogP contribution is 2.42. The Kier molecular flexibility index (Phi) is 4.10. The van der Waals surface area contributed by atoms with Crippen LogP contribution >= 0.6 is 12.2 Å². The first-order valence-electron chi connectivity index (χ1n) is 8.07. The number of thiocarbonyl (C=S) groups is 1. The number of aromatic nitrogens is 2. The fourth-order valence-electron chi connectivity index (χ4n) is 3.08. The summed E-state index contributed by atoms with van der Waals surface area (Å²) in [6, 6.07) is 7.96. The van der Waals surface area contributed by atoms with Gasteiger partial charge in [-0.2, -0.15) is 0 Å². The monoisotopic (exact) mass is 351 g/mol. The number of nitrogens with zero attached hydrogens (tertiary/aromatic N) is 5. The van der Waals surface area contributed by atoms with Crippen molar-refractivity contribution in [2.45, 2.75) is 0 Å². The number of rotatable bonds is 2. The quantitative estimate of drug-likeness (QED) is 0.321. The van der Waals surface area contributed by atoms with Crippen molar-refractivity contribution in [1.29, 1.82) is 5.41 Å². The van der Waals surface area contributed by atoms with E-state index in [-0.39, 0.29) is 0 Å². The lowest BCUT2D eigenvalue weighted by Gasteiger charge is -2.33. The van der Waals surface area contributed by atoms with Crippen LogP contribution in [0.3, 0.4) is 0 Å². The Morgan fingerprint density at radius 2 is 2.08 bits per heavy atom. The van der Waals surface area contributed by atoms with Gasteiger partial charge < -0.3 is 14.8 Å². The van der Waals surface area contributed by atoms with Crippen LogP contribution in [0.25, 0.3) is 22.2 Å². The van der Waals surface area contributed by atoms with Crippen LogP contribution in [-0.4, -0.2) is 57.4 Å². The van der Waals surface area contributed by atoms with Gasteiger partial charge in [0, 0.05) is 49.5 Å². The lowest BCUT2D eigenvalue weighted by molar-refractivity contribution is 0.264. The van der Waals surface area contributed by atoms with Crippen molar-refractivity contribution in [2.24, 2.45) is 10.2 Å². The summed E-state index contributed by atoms with van der Waals surface area (Å²) in [5.41, 5.74) is 3.52. The molecule has 0 saturated carbocycles. The Morgan fingerprint density at radius 3 is 2.88 bits per heavy atom. The van der Waals surface area contributed by atoms with Gasteiger partial charge in [0.1, 0.15) is 11.2 Å². The number of nitrogens with one attached hydrogen (secondary N) is 2. The van der Waals surface area contributed by atoms with Crippen LogP contribution in [0, 0.1) is 5.41 Å². The van der Waals surface area contributed by atoms with E-state index in [4.69, 9.17) is 17.6 Å².